The third kappa shape index (κ3) is 3.14. The standard InChI is InChI=1S/C12H16N4O2S2/c1-7-12(19-9(3)15-7)8(2)16-20(17,18)10-4-5-11(13)14-6-10/h4-6,8,16H,1-3H3,(H2,13,14). The molecule has 108 valence electrons. The number of nitrogens with two attached hydrogens (primary N) is 1. The van der Waals surface area contributed by atoms with Crippen molar-refractivity contribution in [1.29, 1.82) is 0 Å². The molecular weight excluding hydrogens is 296 g/mol. The molecule has 2 aromatic heterocycles. The molecule has 0 amide bonds. The topological polar surface area (TPSA) is 98.0 Å². The largest absolute Gasteiger partial charge is 0.384 e. The van der Waals surface area contributed by atoms with Crippen molar-refractivity contribution in [3.8, 4) is 0 Å². The molecule has 20 heavy (non-hydrogen) atoms. The van der Waals surface area contributed by atoms with Crippen LogP contribution in [-0.4, -0.2) is 18.4 Å². The number of nitrogen functional groups attached to an aromatic ring is 1. The Morgan fingerprint density at radius 1 is 1.35 bits per heavy atom. The van der Waals surface area contributed by atoms with E-state index in [1.807, 2.05) is 13.8 Å². The predicted molar refractivity (Wildman–Crippen MR) is 79.0 cm³/mol. The summed E-state index contributed by atoms with van der Waals surface area (Å²) in [5, 5.41) is 0.915. The molecule has 1 atom stereocenters. The van der Waals surface area contributed by atoms with E-state index in [0.29, 0.717) is 0 Å². The van der Waals surface area contributed by atoms with Crippen molar-refractivity contribution < 1.29 is 8.42 Å². The maximum atomic E-state index is 12.2. The average Bonchev–Trinajstić information content (AvgIpc) is 2.68. The van der Waals surface area contributed by atoms with Crippen LogP contribution in [0.4, 0.5) is 5.82 Å². The van der Waals surface area contributed by atoms with Crippen molar-refractivity contribution in [2.75, 3.05) is 5.73 Å². The molecule has 0 bridgehead atoms. The van der Waals surface area contributed by atoms with Gasteiger partial charge in [0.1, 0.15) is 10.7 Å². The van der Waals surface area contributed by atoms with Crippen molar-refractivity contribution in [2.24, 2.45) is 0 Å². The van der Waals surface area contributed by atoms with Gasteiger partial charge in [-0.3, -0.25) is 0 Å². The Hall–Kier alpha value is -1.51. The van der Waals surface area contributed by atoms with Crippen molar-refractivity contribution in [1.82, 2.24) is 14.7 Å². The van der Waals surface area contributed by atoms with Crippen LogP contribution in [-0.2, 0) is 10.0 Å². The number of aryl methyl sites for hydroxylation is 2. The summed E-state index contributed by atoms with van der Waals surface area (Å²) in [6, 6.07) is 2.55. The van der Waals surface area contributed by atoms with Crippen LogP contribution in [0.3, 0.4) is 0 Å². The lowest BCUT2D eigenvalue weighted by molar-refractivity contribution is 0.567. The van der Waals surface area contributed by atoms with E-state index in [0.717, 1.165) is 15.6 Å². The Kier molecular flexibility index (Phi) is 4.07. The first-order valence-electron chi connectivity index (χ1n) is 5.97. The lowest BCUT2D eigenvalue weighted by Crippen LogP contribution is -2.27. The van der Waals surface area contributed by atoms with Crippen molar-refractivity contribution in [3.05, 3.63) is 33.9 Å². The van der Waals surface area contributed by atoms with E-state index in [4.69, 9.17) is 5.73 Å². The molecule has 2 heterocycles. The number of hydrogen-bond donors (Lipinski definition) is 2. The fourth-order valence-electron chi connectivity index (χ4n) is 1.85. The lowest BCUT2D eigenvalue weighted by Gasteiger charge is -2.13. The zero-order valence-electron chi connectivity index (χ0n) is 11.4. The Morgan fingerprint density at radius 2 is 2.05 bits per heavy atom. The Bertz CT molecular complexity index is 708. The average molecular weight is 312 g/mol. The molecule has 0 fully saturated rings. The quantitative estimate of drug-likeness (QED) is 0.896. The van der Waals surface area contributed by atoms with Gasteiger partial charge < -0.3 is 5.73 Å². The van der Waals surface area contributed by atoms with E-state index in [-0.39, 0.29) is 16.8 Å². The Morgan fingerprint density at radius 3 is 2.55 bits per heavy atom. The van der Waals surface area contributed by atoms with Gasteiger partial charge in [0.2, 0.25) is 10.0 Å². The molecule has 0 aliphatic rings. The number of aromatic nitrogens is 2. The molecule has 0 radical (unpaired) electrons. The summed E-state index contributed by atoms with van der Waals surface area (Å²) in [6.45, 7) is 5.56. The first-order chi connectivity index (χ1) is 9.29. The molecule has 0 aliphatic heterocycles. The van der Waals surface area contributed by atoms with Crippen LogP contribution in [0.5, 0.6) is 0 Å². The number of nitrogens with zero attached hydrogens (tertiary/aromatic N) is 2. The van der Waals surface area contributed by atoms with E-state index in [2.05, 4.69) is 14.7 Å². The van der Waals surface area contributed by atoms with Crippen LogP contribution < -0.4 is 10.5 Å². The van der Waals surface area contributed by atoms with E-state index < -0.39 is 10.0 Å². The van der Waals surface area contributed by atoms with Crippen LogP contribution >= 0.6 is 11.3 Å². The molecule has 0 spiro atoms. The van der Waals surface area contributed by atoms with Crippen LogP contribution in [0.25, 0.3) is 0 Å². The van der Waals surface area contributed by atoms with Gasteiger partial charge in [-0.05, 0) is 32.9 Å². The normalized spacial score (nSPS) is 13.3. The molecule has 3 N–H and O–H groups in total. The number of thiazole rings is 1. The second-order valence-corrected chi connectivity index (χ2v) is 7.39. The third-order valence-corrected chi connectivity index (χ3v) is 5.52. The van der Waals surface area contributed by atoms with Crippen LogP contribution in [0, 0.1) is 13.8 Å². The van der Waals surface area contributed by atoms with E-state index in [1.54, 1.807) is 6.92 Å². The summed E-state index contributed by atoms with van der Waals surface area (Å²) in [5.74, 6) is 0.283. The van der Waals surface area contributed by atoms with Gasteiger partial charge in [-0.15, -0.1) is 11.3 Å². The second-order valence-electron chi connectivity index (χ2n) is 4.44. The molecule has 0 aliphatic carbocycles. The fraction of sp³-hybridized carbons (Fsp3) is 0.333. The van der Waals surface area contributed by atoms with Crippen molar-refractivity contribution >= 4 is 27.2 Å². The Balaban J connectivity index is 2.24. The number of anilines is 1. The molecule has 0 aromatic carbocycles. The predicted octanol–water partition coefficient (Wildman–Crippen LogP) is 1.78. The molecule has 6 nitrogen and oxygen atoms in total. The number of pyridine rings is 1. The van der Waals surface area contributed by atoms with Gasteiger partial charge in [0.25, 0.3) is 0 Å². The summed E-state index contributed by atoms with van der Waals surface area (Å²) >= 11 is 1.49. The molecule has 2 rings (SSSR count). The van der Waals surface area contributed by atoms with Crippen LogP contribution in [0.15, 0.2) is 23.2 Å². The van der Waals surface area contributed by atoms with E-state index in [1.165, 1.54) is 29.7 Å². The van der Waals surface area contributed by atoms with Gasteiger partial charge in [-0.1, -0.05) is 0 Å². The maximum absolute atomic E-state index is 12.2. The van der Waals surface area contributed by atoms with E-state index in [9.17, 15) is 8.42 Å². The lowest BCUT2D eigenvalue weighted by atomic mass is 10.2. The van der Waals surface area contributed by atoms with Crippen molar-refractivity contribution in [2.45, 2.75) is 31.7 Å². The number of nitrogens with one attached hydrogen (secondary N) is 1. The summed E-state index contributed by atoms with van der Waals surface area (Å²) in [4.78, 5) is 9.10. The minimum atomic E-state index is -3.62. The first-order valence-corrected chi connectivity index (χ1v) is 8.27. The van der Waals surface area contributed by atoms with Gasteiger partial charge in [-0.2, -0.15) is 0 Å². The van der Waals surface area contributed by atoms with E-state index >= 15 is 0 Å². The van der Waals surface area contributed by atoms with Gasteiger partial charge in [-0.25, -0.2) is 23.1 Å². The summed E-state index contributed by atoms with van der Waals surface area (Å²) in [7, 11) is -3.62. The minimum absolute atomic E-state index is 0.0949. The van der Waals surface area contributed by atoms with Crippen LogP contribution in [0.1, 0.15) is 28.5 Å². The summed E-state index contributed by atoms with van der Waals surface area (Å²) < 4.78 is 27.1. The summed E-state index contributed by atoms with van der Waals surface area (Å²) in [6.07, 6.45) is 1.25. The summed E-state index contributed by atoms with van der Waals surface area (Å²) in [5.41, 5.74) is 6.30. The maximum Gasteiger partial charge on any atom is 0.242 e. The molecular formula is C12H16N4O2S2. The Labute approximate surface area is 122 Å². The van der Waals surface area contributed by atoms with Gasteiger partial charge in [0.15, 0.2) is 0 Å². The molecule has 8 heteroatoms. The fourth-order valence-corrected chi connectivity index (χ4v) is 4.02. The first kappa shape index (κ1) is 14.9. The zero-order chi connectivity index (χ0) is 14.9. The molecule has 0 saturated carbocycles. The molecule has 1 unspecified atom stereocenters. The SMILES string of the molecule is Cc1nc(C)c(C(C)NS(=O)(=O)c2ccc(N)nc2)s1. The highest BCUT2D eigenvalue weighted by atomic mass is 32.2. The van der Waals surface area contributed by atoms with Crippen molar-refractivity contribution in [3.63, 3.8) is 0 Å². The highest BCUT2D eigenvalue weighted by Crippen LogP contribution is 2.25. The third-order valence-electron chi connectivity index (χ3n) is 2.73. The monoisotopic (exact) mass is 312 g/mol. The number of rotatable bonds is 4. The number of sulfonamides is 1. The molecule has 0 saturated heterocycles. The smallest absolute Gasteiger partial charge is 0.242 e. The highest BCUT2D eigenvalue weighted by molar-refractivity contribution is 7.89. The van der Waals surface area contributed by atoms with Gasteiger partial charge in [0.05, 0.1) is 16.7 Å². The zero-order valence-corrected chi connectivity index (χ0v) is 13.0. The highest BCUT2D eigenvalue weighted by Gasteiger charge is 2.21. The van der Waals surface area contributed by atoms with Crippen LogP contribution in [0.2, 0.25) is 0 Å². The molecule has 2 aromatic rings. The second kappa shape index (κ2) is 5.47. The minimum Gasteiger partial charge on any atom is -0.384 e. The number of hydrogen-bond acceptors (Lipinski definition) is 6. The van der Waals surface area contributed by atoms with Gasteiger partial charge in [0, 0.05) is 11.1 Å². The van der Waals surface area contributed by atoms with Gasteiger partial charge >= 0.3 is 0 Å².